The molecule has 0 radical (unpaired) electrons. The van der Waals surface area contributed by atoms with Crippen LogP contribution in [-0.4, -0.2) is 60.7 Å². The number of hydrogen-bond donors (Lipinski definition) is 0. The molecule has 0 aliphatic carbocycles. The third-order valence-electron chi connectivity index (χ3n) is 5.12. The monoisotopic (exact) mass is 444 g/mol. The van der Waals surface area contributed by atoms with Crippen molar-refractivity contribution in [2.75, 3.05) is 31.9 Å². The summed E-state index contributed by atoms with van der Waals surface area (Å²) in [6.07, 6.45) is 4.19. The van der Waals surface area contributed by atoms with Gasteiger partial charge in [0.2, 0.25) is 10.0 Å². The van der Waals surface area contributed by atoms with Crippen LogP contribution in [0.2, 0.25) is 0 Å². The number of rotatable bonds is 9. The summed E-state index contributed by atoms with van der Waals surface area (Å²) in [5.74, 6) is 0.439. The lowest BCUT2D eigenvalue weighted by Crippen LogP contribution is -2.44. The van der Waals surface area contributed by atoms with Gasteiger partial charge in [-0.05, 0) is 30.2 Å². The molecular weight excluding hydrogens is 416 g/mol. The van der Waals surface area contributed by atoms with Gasteiger partial charge >= 0.3 is 0 Å². The molecule has 7 heteroatoms. The molecule has 0 saturated heterocycles. The lowest BCUT2D eigenvalue weighted by molar-refractivity contribution is -0.109. The van der Waals surface area contributed by atoms with Crippen molar-refractivity contribution in [2.24, 2.45) is 0 Å². The first kappa shape index (κ1) is 22.7. The van der Waals surface area contributed by atoms with E-state index in [0.717, 1.165) is 24.2 Å². The number of benzene rings is 2. The summed E-state index contributed by atoms with van der Waals surface area (Å²) in [5.41, 5.74) is 2.02. The predicted molar refractivity (Wildman–Crippen MR) is 124 cm³/mol. The highest BCUT2D eigenvalue weighted by molar-refractivity contribution is 8.13. The highest BCUT2D eigenvalue weighted by Crippen LogP contribution is 2.25. The Labute approximate surface area is 183 Å². The van der Waals surface area contributed by atoms with E-state index in [0.29, 0.717) is 18.8 Å². The lowest BCUT2D eigenvalue weighted by Gasteiger charge is -2.30. The van der Waals surface area contributed by atoms with Crippen LogP contribution in [0.4, 0.5) is 0 Å². The molecule has 0 unspecified atom stereocenters. The second-order valence-electron chi connectivity index (χ2n) is 7.39. The molecule has 1 aliphatic heterocycles. The van der Waals surface area contributed by atoms with Crippen LogP contribution in [0.25, 0.3) is 11.1 Å². The number of thioether (sulfide) groups is 1. The number of carbonyl (C=O) groups excluding carboxylic acids is 1. The zero-order chi connectivity index (χ0) is 21.6. The van der Waals surface area contributed by atoms with Crippen molar-refractivity contribution in [1.29, 1.82) is 0 Å². The smallest absolute Gasteiger partial charge is 0.243 e. The van der Waals surface area contributed by atoms with E-state index in [9.17, 15) is 13.2 Å². The number of sulfonamides is 1. The van der Waals surface area contributed by atoms with E-state index in [4.69, 9.17) is 0 Å². The van der Waals surface area contributed by atoms with E-state index in [-0.39, 0.29) is 16.1 Å². The minimum atomic E-state index is -3.68. The second-order valence-corrected chi connectivity index (χ2v) is 10.5. The molecule has 0 saturated carbocycles. The summed E-state index contributed by atoms with van der Waals surface area (Å²) in [4.78, 5) is 13.9. The fraction of sp³-hybridized carbons (Fsp3) is 0.348. The van der Waals surface area contributed by atoms with Gasteiger partial charge < -0.3 is 0 Å². The minimum Gasteiger partial charge on any atom is -0.295 e. The molecule has 0 amide bonds. The van der Waals surface area contributed by atoms with Gasteiger partial charge in [0, 0.05) is 44.9 Å². The summed E-state index contributed by atoms with van der Waals surface area (Å²) in [6, 6.07) is 16.6. The van der Waals surface area contributed by atoms with Gasteiger partial charge in [-0.25, -0.2) is 8.42 Å². The van der Waals surface area contributed by atoms with E-state index in [2.05, 4.69) is 17.1 Å². The van der Waals surface area contributed by atoms with Crippen molar-refractivity contribution in [3.8, 4) is 11.1 Å². The molecule has 1 atom stereocenters. The molecule has 5 nitrogen and oxygen atoms in total. The van der Waals surface area contributed by atoms with E-state index in [1.807, 2.05) is 49.4 Å². The van der Waals surface area contributed by atoms with Crippen LogP contribution >= 0.6 is 11.8 Å². The summed E-state index contributed by atoms with van der Waals surface area (Å²) in [5, 5.41) is -0.00449. The second kappa shape index (κ2) is 10.4. The molecule has 0 bridgehead atoms. The van der Waals surface area contributed by atoms with Gasteiger partial charge in [-0.1, -0.05) is 66.4 Å². The average molecular weight is 445 g/mol. The Morgan fingerprint density at radius 1 is 1.03 bits per heavy atom. The standard InChI is InChI=1S/C23H28N2O3S2/c1-19(18-29-20(2)26)25(17-16-24-14-6-7-15-24)30(27,28)23-12-10-22(11-13-23)21-8-4-3-5-9-21/h3-13,19H,14-18H2,1-2H3/t19-/m1/s1. The van der Waals surface area contributed by atoms with Crippen LogP contribution in [-0.2, 0) is 14.8 Å². The van der Waals surface area contributed by atoms with E-state index < -0.39 is 10.0 Å². The zero-order valence-corrected chi connectivity index (χ0v) is 19.0. The normalized spacial score (nSPS) is 15.6. The van der Waals surface area contributed by atoms with Crippen molar-refractivity contribution in [3.63, 3.8) is 0 Å². The van der Waals surface area contributed by atoms with Gasteiger partial charge in [-0.15, -0.1) is 0 Å². The van der Waals surface area contributed by atoms with Gasteiger partial charge in [0.25, 0.3) is 0 Å². The SMILES string of the molecule is CC(=O)SC[C@@H](C)N(CCN1CC=CC1)S(=O)(=O)c1ccc(-c2ccccc2)cc1. The third kappa shape index (κ3) is 5.82. The summed E-state index contributed by atoms with van der Waals surface area (Å²) >= 11 is 1.17. The Morgan fingerprint density at radius 2 is 1.63 bits per heavy atom. The minimum absolute atomic E-state index is 0.00449. The molecular formula is C23H28N2O3S2. The van der Waals surface area contributed by atoms with Crippen LogP contribution in [0.15, 0.2) is 71.6 Å². The topological polar surface area (TPSA) is 57.7 Å². The molecule has 0 fully saturated rings. The van der Waals surface area contributed by atoms with Gasteiger partial charge in [-0.3, -0.25) is 9.69 Å². The fourth-order valence-electron chi connectivity index (χ4n) is 3.43. The first-order valence-corrected chi connectivity index (χ1v) is 12.5. The van der Waals surface area contributed by atoms with Gasteiger partial charge in [0.05, 0.1) is 4.90 Å². The Hall–Kier alpha value is -1.93. The number of hydrogen-bond acceptors (Lipinski definition) is 5. The van der Waals surface area contributed by atoms with Crippen LogP contribution in [0.5, 0.6) is 0 Å². The molecule has 0 aromatic heterocycles. The van der Waals surface area contributed by atoms with Crippen molar-refractivity contribution in [2.45, 2.75) is 24.8 Å². The van der Waals surface area contributed by atoms with E-state index >= 15 is 0 Å². The molecule has 2 aromatic carbocycles. The Bertz CT molecular complexity index is 965. The lowest BCUT2D eigenvalue weighted by atomic mass is 10.1. The molecule has 0 spiro atoms. The molecule has 1 heterocycles. The first-order chi connectivity index (χ1) is 14.4. The average Bonchev–Trinajstić information content (AvgIpc) is 3.26. The van der Waals surface area contributed by atoms with Crippen LogP contribution in [0.1, 0.15) is 13.8 Å². The molecule has 1 aliphatic rings. The molecule has 0 N–H and O–H groups in total. The maximum absolute atomic E-state index is 13.5. The maximum Gasteiger partial charge on any atom is 0.243 e. The van der Waals surface area contributed by atoms with E-state index in [1.54, 1.807) is 16.4 Å². The summed E-state index contributed by atoms with van der Waals surface area (Å²) < 4.78 is 28.5. The Kier molecular flexibility index (Phi) is 7.88. The number of carbonyl (C=O) groups is 1. The first-order valence-electron chi connectivity index (χ1n) is 10.1. The van der Waals surface area contributed by atoms with Crippen LogP contribution in [0.3, 0.4) is 0 Å². The van der Waals surface area contributed by atoms with Crippen molar-refractivity contribution in [1.82, 2.24) is 9.21 Å². The van der Waals surface area contributed by atoms with Gasteiger partial charge in [0.1, 0.15) is 0 Å². The highest BCUT2D eigenvalue weighted by atomic mass is 32.2. The Morgan fingerprint density at radius 3 is 2.23 bits per heavy atom. The Balaban J connectivity index is 1.81. The van der Waals surface area contributed by atoms with Crippen molar-refractivity contribution < 1.29 is 13.2 Å². The van der Waals surface area contributed by atoms with Gasteiger partial charge in [-0.2, -0.15) is 4.31 Å². The largest absolute Gasteiger partial charge is 0.295 e. The molecule has 30 heavy (non-hydrogen) atoms. The quantitative estimate of drug-likeness (QED) is 0.550. The van der Waals surface area contributed by atoms with E-state index in [1.165, 1.54) is 18.7 Å². The van der Waals surface area contributed by atoms with Crippen LogP contribution in [0, 0.1) is 0 Å². The van der Waals surface area contributed by atoms with Gasteiger partial charge in [0.15, 0.2) is 5.12 Å². The highest BCUT2D eigenvalue weighted by Gasteiger charge is 2.29. The summed E-state index contributed by atoms with van der Waals surface area (Å²) in [7, 11) is -3.68. The van der Waals surface area contributed by atoms with Crippen molar-refractivity contribution in [3.05, 3.63) is 66.7 Å². The predicted octanol–water partition coefficient (Wildman–Crippen LogP) is 3.88. The fourth-order valence-corrected chi connectivity index (χ4v) is 5.80. The molecule has 160 valence electrons. The number of nitrogens with zero attached hydrogens (tertiary/aromatic N) is 2. The van der Waals surface area contributed by atoms with Crippen LogP contribution < -0.4 is 0 Å². The molecule has 3 rings (SSSR count). The third-order valence-corrected chi connectivity index (χ3v) is 8.20. The zero-order valence-electron chi connectivity index (χ0n) is 17.4. The summed E-state index contributed by atoms with van der Waals surface area (Å²) in [6.45, 7) is 6.11. The van der Waals surface area contributed by atoms with Crippen molar-refractivity contribution >= 4 is 26.9 Å². The maximum atomic E-state index is 13.5. The molecule has 2 aromatic rings.